The molecule has 29 heavy (non-hydrogen) atoms. The van der Waals surface area contributed by atoms with Gasteiger partial charge >= 0.3 is 0 Å². The molecule has 144 valence electrons. The Bertz CT molecular complexity index is 1140. The smallest absolute Gasteiger partial charge is 0.134 e. The molecule has 0 spiro atoms. The Hall–Kier alpha value is -3.30. The summed E-state index contributed by atoms with van der Waals surface area (Å²) in [5.74, 6) is 0. The molecule has 6 heteroatoms. The minimum Gasteiger partial charge on any atom is -0.382 e. The number of hydrogen-bond acceptors (Lipinski definition) is 6. The first-order valence-electron chi connectivity index (χ1n) is 9.97. The second kappa shape index (κ2) is 7.26. The molecule has 0 saturated carbocycles. The summed E-state index contributed by atoms with van der Waals surface area (Å²) < 4.78 is 0. The number of aromatic nitrogens is 1. The van der Waals surface area contributed by atoms with Gasteiger partial charge in [0.25, 0.3) is 0 Å². The highest BCUT2D eigenvalue weighted by molar-refractivity contribution is 5.98. The van der Waals surface area contributed by atoms with Crippen LogP contribution >= 0.6 is 0 Å². The number of rotatable bonds is 5. The van der Waals surface area contributed by atoms with E-state index >= 15 is 0 Å². The van der Waals surface area contributed by atoms with E-state index in [0.717, 1.165) is 71.1 Å². The monoisotopic (exact) mass is 383 g/mol. The van der Waals surface area contributed by atoms with Gasteiger partial charge in [0.05, 0.1) is 11.6 Å². The van der Waals surface area contributed by atoms with Crippen molar-refractivity contribution >= 4 is 16.5 Å². The van der Waals surface area contributed by atoms with Crippen molar-refractivity contribution in [3.05, 3.63) is 64.3 Å². The lowest BCUT2D eigenvalue weighted by Gasteiger charge is -2.31. The number of likely N-dealkylation sites (tertiary alicyclic amines) is 1. The van der Waals surface area contributed by atoms with Gasteiger partial charge in [-0.15, -0.1) is 4.91 Å². The molecule has 2 aromatic carbocycles. The molecule has 1 saturated heterocycles. The van der Waals surface area contributed by atoms with Crippen LogP contribution in [-0.4, -0.2) is 35.7 Å². The van der Waals surface area contributed by atoms with E-state index in [0.29, 0.717) is 6.04 Å². The largest absolute Gasteiger partial charge is 0.382 e. The predicted molar refractivity (Wildman–Crippen MR) is 114 cm³/mol. The van der Waals surface area contributed by atoms with Crippen molar-refractivity contribution in [2.75, 3.05) is 25.1 Å². The number of benzene rings is 2. The molecular weight excluding hydrogens is 362 g/mol. The van der Waals surface area contributed by atoms with Crippen LogP contribution < -0.4 is 5.32 Å². The molecule has 1 N–H and O–H groups in total. The maximum Gasteiger partial charge on any atom is 0.134 e. The van der Waals surface area contributed by atoms with Gasteiger partial charge < -0.3 is 5.32 Å². The van der Waals surface area contributed by atoms with E-state index < -0.39 is 0 Å². The second-order valence-corrected chi connectivity index (χ2v) is 7.88. The zero-order valence-electron chi connectivity index (χ0n) is 16.1. The SMILES string of the molecule is N#Cc1cc(-c2cc(NC3CCN(CN=O)CC3)c3cnccc3c2)c2cc1C2. The third kappa shape index (κ3) is 3.24. The van der Waals surface area contributed by atoms with Crippen LogP contribution in [0.4, 0.5) is 5.69 Å². The highest BCUT2D eigenvalue weighted by Crippen LogP contribution is 2.39. The normalized spacial score (nSPS) is 16.2. The standard InChI is InChI=1S/C23H21N5O/c24-12-19-10-21(17-8-16(19)9-17)18-7-15-1-4-25-13-22(15)23(11-18)27-20-2-5-28(6-3-20)14-26-29/h1,4,7-8,10-11,13,20,27H,2-3,5-6,9,14H2. The van der Waals surface area contributed by atoms with Gasteiger partial charge in [0.1, 0.15) is 6.67 Å². The minimum absolute atomic E-state index is 0.273. The van der Waals surface area contributed by atoms with E-state index in [1.165, 1.54) is 5.56 Å². The number of fused-ring (bicyclic) bond motifs is 3. The van der Waals surface area contributed by atoms with Crippen LogP contribution in [0, 0.1) is 16.2 Å². The highest BCUT2D eigenvalue weighted by Gasteiger charge is 2.22. The van der Waals surface area contributed by atoms with Gasteiger partial charge in [-0.3, -0.25) is 9.88 Å². The molecule has 1 aromatic heterocycles. The van der Waals surface area contributed by atoms with Crippen molar-refractivity contribution in [2.45, 2.75) is 25.3 Å². The fourth-order valence-corrected chi connectivity index (χ4v) is 4.43. The molecule has 1 fully saturated rings. The number of anilines is 1. The van der Waals surface area contributed by atoms with Crippen LogP contribution in [0.1, 0.15) is 29.5 Å². The van der Waals surface area contributed by atoms with Crippen LogP contribution in [0.3, 0.4) is 0 Å². The van der Waals surface area contributed by atoms with Crippen molar-refractivity contribution < 1.29 is 0 Å². The Labute approximate surface area is 169 Å². The van der Waals surface area contributed by atoms with Crippen LogP contribution in [0.5, 0.6) is 0 Å². The Morgan fingerprint density at radius 3 is 2.79 bits per heavy atom. The zero-order chi connectivity index (χ0) is 19.8. The fraction of sp³-hybridized carbons (Fsp3) is 0.304. The average molecular weight is 383 g/mol. The third-order valence-electron chi connectivity index (χ3n) is 6.10. The molecule has 2 bridgehead atoms. The lowest BCUT2D eigenvalue weighted by molar-refractivity contribution is 0.225. The molecule has 0 atom stereocenters. The Balaban J connectivity index is 1.49. The molecule has 2 heterocycles. The van der Waals surface area contributed by atoms with Crippen molar-refractivity contribution in [3.63, 3.8) is 0 Å². The molecule has 0 radical (unpaired) electrons. The van der Waals surface area contributed by atoms with Gasteiger partial charge in [-0.2, -0.15) is 5.26 Å². The maximum absolute atomic E-state index is 10.5. The molecular formula is C23H21N5O. The quantitative estimate of drug-likeness (QED) is 0.520. The summed E-state index contributed by atoms with van der Waals surface area (Å²) in [5, 5.41) is 18.4. The number of nitrogens with one attached hydrogen (secondary N) is 1. The van der Waals surface area contributed by atoms with E-state index in [9.17, 15) is 10.2 Å². The van der Waals surface area contributed by atoms with E-state index in [1.54, 1.807) is 0 Å². The maximum atomic E-state index is 10.5. The Morgan fingerprint density at radius 2 is 2.03 bits per heavy atom. The molecule has 3 aromatic rings. The third-order valence-corrected chi connectivity index (χ3v) is 6.10. The van der Waals surface area contributed by atoms with Gasteiger partial charge in [-0.25, -0.2) is 0 Å². The first kappa shape index (κ1) is 17.8. The topological polar surface area (TPSA) is 81.4 Å². The minimum atomic E-state index is 0.273. The number of piperidine rings is 1. The average Bonchev–Trinajstić information content (AvgIpc) is 2.74. The van der Waals surface area contributed by atoms with Gasteiger partial charge in [0.15, 0.2) is 0 Å². The summed E-state index contributed by atoms with van der Waals surface area (Å²) in [4.78, 5) is 16.9. The molecule has 6 rings (SSSR count). The van der Waals surface area contributed by atoms with Crippen molar-refractivity contribution in [2.24, 2.45) is 5.18 Å². The summed E-state index contributed by atoms with van der Waals surface area (Å²) in [6.07, 6.45) is 6.55. The second-order valence-electron chi connectivity index (χ2n) is 7.88. The van der Waals surface area contributed by atoms with Gasteiger partial charge in [-0.1, -0.05) is 11.2 Å². The molecule has 6 nitrogen and oxygen atoms in total. The number of nitrogens with zero attached hydrogens (tertiary/aromatic N) is 4. The van der Waals surface area contributed by atoms with E-state index in [-0.39, 0.29) is 6.67 Å². The van der Waals surface area contributed by atoms with Crippen LogP contribution in [0.2, 0.25) is 0 Å². The number of hydrogen-bond donors (Lipinski definition) is 1. The number of nitroso groups, excluding NO2 is 1. The zero-order valence-corrected chi connectivity index (χ0v) is 16.1. The molecule has 1 aliphatic heterocycles. The highest BCUT2D eigenvalue weighted by atomic mass is 16.3. The Kier molecular flexibility index (Phi) is 4.45. The van der Waals surface area contributed by atoms with Gasteiger partial charge in [0.2, 0.25) is 0 Å². The van der Waals surface area contributed by atoms with E-state index in [2.05, 4.69) is 44.6 Å². The Morgan fingerprint density at radius 1 is 1.21 bits per heavy atom. The molecule has 2 aliphatic carbocycles. The first-order valence-corrected chi connectivity index (χ1v) is 9.97. The number of nitriles is 1. The predicted octanol–water partition coefficient (Wildman–Crippen LogP) is 4.28. The van der Waals surface area contributed by atoms with Gasteiger partial charge in [-0.05, 0) is 71.2 Å². The summed E-state index contributed by atoms with van der Waals surface area (Å²) in [6, 6.07) is 13.2. The van der Waals surface area contributed by atoms with E-state index in [1.807, 2.05) is 24.5 Å². The summed E-state index contributed by atoms with van der Waals surface area (Å²) in [7, 11) is 0. The van der Waals surface area contributed by atoms with Crippen molar-refractivity contribution in [1.82, 2.24) is 9.88 Å². The molecule has 3 aliphatic rings. The lowest BCUT2D eigenvalue weighted by Crippen LogP contribution is -2.39. The van der Waals surface area contributed by atoms with Gasteiger partial charge in [0, 0.05) is 42.6 Å². The van der Waals surface area contributed by atoms with E-state index in [4.69, 9.17) is 0 Å². The number of pyridine rings is 1. The van der Waals surface area contributed by atoms with Crippen LogP contribution in [0.15, 0.2) is 47.9 Å². The summed E-state index contributed by atoms with van der Waals surface area (Å²) >= 11 is 0. The molecule has 0 unspecified atom stereocenters. The van der Waals surface area contributed by atoms with Crippen LogP contribution in [0.25, 0.3) is 21.9 Å². The van der Waals surface area contributed by atoms with Crippen molar-refractivity contribution in [3.8, 4) is 17.2 Å². The first-order chi connectivity index (χ1) is 14.2. The lowest BCUT2D eigenvalue weighted by atomic mass is 9.81. The summed E-state index contributed by atoms with van der Waals surface area (Å²) in [5.41, 5.74) is 6.57. The van der Waals surface area contributed by atoms with Crippen molar-refractivity contribution in [1.29, 1.82) is 5.26 Å². The summed E-state index contributed by atoms with van der Waals surface area (Å²) in [6.45, 7) is 2.02. The fourth-order valence-electron chi connectivity index (χ4n) is 4.43. The van der Waals surface area contributed by atoms with Crippen LogP contribution in [-0.2, 0) is 6.42 Å². The molecule has 0 amide bonds.